The fourth-order valence-corrected chi connectivity index (χ4v) is 4.50. The van der Waals surface area contributed by atoms with Gasteiger partial charge in [-0.05, 0) is 34.9 Å². The highest BCUT2D eigenvalue weighted by atomic mass is 79.9. The van der Waals surface area contributed by atoms with Crippen molar-refractivity contribution < 1.29 is 18.2 Å². The highest BCUT2D eigenvalue weighted by Gasteiger charge is 2.47. The van der Waals surface area contributed by atoms with E-state index in [-0.39, 0.29) is 5.56 Å². The van der Waals surface area contributed by atoms with Crippen LogP contribution in [0.4, 0.5) is 8.78 Å². The second-order valence-electron chi connectivity index (χ2n) is 7.85. The van der Waals surface area contributed by atoms with Crippen LogP contribution in [0.15, 0.2) is 111 Å². The molecule has 3 aromatic rings. The van der Waals surface area contributed by atoms with E-state index in [2.05, 4.69) is 32.4 Å². The van der Waals surface area contributed by atoms with Gasteiger partial charge in [0.05, 0.1) is 5.57 Å². The lowest BCUT2D eigenvalue weighted by molar-refractivity contribution is -0.110. The maximum atomic E-state index is 15.1. The van der Waals surface area contributed by atoms with Crippen LogP contribution < -0.4 is 5.56 Å². The van der Waals surface area contributed by atoms with Crippen molar-refractivity contribution in [1.82, 2.24) is 4.98 Å². The van der Waals surface area contributed by atoms with Gasteiger partial charge in [0.25, 0.3) is 13.6 Å². The molecule has 0 bridgehead atoms. The summed E-state index contributed by atoms with van der Waals surface area (Å²) in [7, 11) is 5.74. The maximum absolute atomic E-state index is 15.1. The number of aromatic nitrogens is 1. The first kappa shape index (κ1) is 24.6. The minimum absolute atomic E-state index is 0.140. The van der Waals surface area contributed by atoms with Crippen LogP contribution in [0.3, 0.4) is 0 Å². The van der Waals surface area contributed by atoms with Gasteiger partial charge in [-0.15, -0.1) is 0 Å². The Morgan fingerprint density at radius 1 is 1.11 bits per heavy atom. The van der Waals surface area contributed by atoms with E-state index in [4.69, 9.17) is 12.7 Å². The van der Waals surface area contributed by atoms with Crippen LogP contribution in [0.5, 0.6) is 0 Å². The Hall–Kier alpha value is -3.54. The third-order valence-electron chi connectivity index (χ3n) is 5.87. The third kappa shape index (κ3) is 4.70. The molecular weight excluding hydrogens is 515 g/mol. The summed E-state index contributed by atoms with van der Waals surface area (Å²) in [4.78, 5) is 27.8. The fraction of sp³-hybridized carbons (Fsp3) is 0.111. The van der Waals surface area contributed by atoms with Gasteiger partial charge in [-0.2, -0.15) is 0 Å². The lowest BCUT2D eigenvalue weighted by atomic mass is 9.70. The molecule has 1 aliphatic carbocycles. The molecule has 2 unspecified atom stereocenters. The normalized spacial score (nSPS) is 15.5. The molecule has 4 rings (SSSR count). The van der Waals surface area contributed by atoms with Gasteiger partial charge in [-0.25, -0.2) is 8.78 Å². The Morgan fingerprint density at radius 3 is 2.49 bits per heavy atom. The Morgan fingerprint density at radius 2 is 1.83 bits per heavy atom. The van der Waals surface area contributed by atoms with Crippen molar-refractivity contribution in [2.45, 2.75) is 17.9 Å². The van der Waals surface area contributed by atoms with Crippen molar-refractivity contribution in [3.05, 3.63) is 128 Å². The predicted octanol–water partition coefficient (Wildman–Crippen LogP) is 5.77. The highest BCUT2D eigenvalue weighted by molar-refractivity contribution is 9.10. The van der Waals surface area contributed by atoms with Gasteiger partial charge in [-0.3, -0.25) is 4.79 Å². The number of pyridine rings is 1. The summed E-state index contributed by atoms with van der Waals surface area (Å²) in [5.74, 6) is -3.62. The van der Waals surface area contributed by atoms with Gasteiger partial charge in [0.1, 0.15) is 11.9 Å². The molecule has 0 saturated heterocycles. The standard InChI is InChI=1S/C27H17BBrF2NO3/c28-35-27(13-14-33,22-7-4-8-23(30)25(22)31)24(18-5-2-1-3-6-18)21-15-19(16-32-26(21)34)17-9-11-20(29)12-10-17/h1-3,5-6,8-12,14-16,24H,13H2,(H,32,34). The quantitative estimate of drug-likeness (QED) is 0.228. The molecule has 0 aliphatic heterocycles. The fourth-order valence-electron chi connectivity index (χ4n) is 4.23. The number of aromatic amines is 1. The van der Waals surface area contributed by atoms with Crippen molar-refractivity contribution >= 4 is 30.3 Å². The number of carbonyl (C=O) groups is 1. The van der Waals surface area contributed by atoms with E-state index in [0.717, 1.165) is 16.1 Å². The van der Waals surface area contributed by atoms with Crippen LogP contribution in [-0.4, -0.2) is 24.9 Å². The van der Waals surface area contributed by atoms with Gasteiger partial charge in [0, 0.05) is 34.6 Å². The topological polar surface area (TPSA) is 59.2 Å². The monoisotopic (exact) mass is 531 g/mol. The summed E-state index contributed by atoms with van der Waals surface area (Å²) in [6.45, 7) is 0. The van der Waals surface area contributed by atoms with Crippen molar-refractivity contribution in [3.8, 4) is 11.1 Å². The van der Waals surface area contributed by atoms with Crippen molar-refractivity contribution in [3.63, 3.8) is 0 Å². The van der Waals surface area contributed by atoms with E-state index in [1.807, 2.05) is 24.3 Å². The number of nitrogens with one attached hydrogen (secondary N) is 1. The number of aldehydes is 1. The molecule has 1 N–H and O–H groups in total. The molecular formula is C27H17BBrF2NO3. The summed E-state index contributed by atoms with van der Waals surface area (Å²) in [5.41, 5.74) is 4.05. The molecule has 4 nitrogen and oxygen atoms in total. The second-order valence-corrected chi connectivity index (χ2v) is 8.77. The first-order valence-corrected chi connectivity index (χ1v) is 11.3. The number of hydrogen-bond donors (Lipinski definition) is 1. The number of allylic oxidation sites excluding steroid dienone is 2. The second kappa shape index (κ2) is 10.4. The predicted molar refractivity (Wildman–Crippen MR) is 133 cm³/mol. The zero-order valence-electron chi connectivity index (χ0n) is 18.2. The summed E-state index contributed by atoms with van der Waals surface area (Å²) >= 11 is 3.40. The smallest absolute Gasteiger partial charge is 0.283 e. The molecule has 0 fully saturated rings. The molecule has 35 heavy (non-hydrogen) atoms. The van der Waals surface area contributed by atoms with Gasteiger partial charge < -0.3 is 14.4 Å². The Bertz CT molecular complexity index is 1450. The number of carbonyl (C=O) groups excluding carboxylic acids is 1. The molecule has 0 saturated carbocycles. The number of H-pyrrole nitrogens is 1. The van der Waals surface area contributed by atoms with E-state index < -0.39 is 40.7 Å². The summed E-state index contributed by atoms with van der Waals surface area (Å²) in [5, 5.41) is 0. The van der Waals surface area contributed by atoms with E-state index in [9.17, 15) is 14.0 Å². The summed E-state index contributed by atoms with van der Waals surface area (Å²) < 4.78 is 35.6. The van der Waals surface area contributed by atoms with E-state index in [0.29, 0.717) is 17.4 Å². The summed E-state index contributed by atoms with van der Waals surface area (Å²) in [6, 6.07) is 17.6. The zero-order valence-corrected chi connectivity index (χ0v) is 19.8. The molecule has 2 radical (unpaired) electrons. The lowest BCUT2D eigenvalue weighted by Crippen LogP contribution is -2.44. The Balaban J connectivity index is 2.04. The largest absolute Gasteiger partial charge is 0.437 e. The number of rotatable bonds is 8. The van der Waals surface area contributed by atoms with E-state index in [1.54, 1.807) is 42.6 Å². The van der Waals surface area contributed by atoms with Gasteiger partial charge >= 0.3 is 0 Å². The molecule has 1 aromatic heterocycles. The number of benzene rings is 2. The SMILES string of the molecule is [B]OC(CC=O)(C1=C=C=CC(F)=C1F)C(c1ccccc1)c1cc(-c2ccc(Br)cc2)c[nH]c1=O. The van der Waals surface area contributed by atoms with Crippen LogP contribution in [0.25, 0.3) is 11.1 Å². The first-order valence-electron chi connectivity index (χ1n) is 10.5. The summed E-state index contributed by atoms with van der Waals surface area (Å²) in [6.07, 6.45) is 2.31. The van der Waals surface area contributed by atoms with Crippen molar-refractivity contribution in [2.75, 3.05) is 0 Å². The highest BCUT2D eigenvalue weighted by Crippen LogP contribution is 2.46. The third-order valence-corrected chi connectivity index (χ3v) is 6.39. The Kier molecular flexibility index (Phi) is 7.30. The zero-order chi connectivity index (χ0) is 25.0. The maximum Gasteiger partial charge on any atom is 0.283 e. The molecule has 2 aromatic carbocycles. The minimum atomic E-state index is -2.00. The van der Waals surface area contributed by atoms with Crippen LogP contribution >= 0.6 is 15.9 Å². The molecule has 8 heteroatoms. The molecule has 0 spiro atoms. The van der Waals surface area contributed by atoms with Crippen LogP contribution in [0.2, 0.25) is 0 Å². The van der Waals surface area contributed by atoms with E-state index >= 15 is 4.39 Å². The van der Waals surface area contributed by atoms with Crippen LogP contribution in [0, 0.1) is 0 Å². The molecule has 1 heterocycles. The lowest BCUT2D eigenvalue weighted by Gasteiger charge is -2.40. The van der Waals surface area contributed by atoms with Crippen molar-refractivity contribution in [1.29, 1.82) is 0 Å². The van der Waals surface area contributed by atoms with Crippen molar-refractivity contribution in [2.24, 2.45) is 0 Å². The number of halogens is 3. The van der Waals surface area contributed by atoms with Gasteiger partial charge in [0.2, 0.25) is 0 Å². The minimum Gasteiger partial charge on any atom is -0.437 e. The average molecular weight is 532 g/mol. The Labute approximate surface area is 209 Å². The molecule has 172 valence electrons. The van der Waals surface area contributed by atoms with Gasteiger partial charge in [-0.1, -0.05) is 69.9 Å². The van der Waals surface area contributed by atoms with Crippen LogP contribution in [0.1, 0.15) is 23.5 Å². The molecule has 2 atom stereocenters. The van der Waals surface area contributed by atoms with Crippen LogP contribution in [-0.2, 0) is 9.45 Å². The van der Waals surface area contributed by atoms with Gasteiger partial charge in [0.15, 0.2) is 11.7 Å². The molecule has 0 amide bonds. The van der Waals surface area contributed by atoms with E-state index in [1.165, 1.54) is 0 Å². The number of hydrogen-bond acceptors (Lipinski definition) is 3. The molecule has 1 aliphatic rings. The average Bonchev–Trinajstić information content (AvgIpc) is 2.87. The first-order chi connectivity index (χ1) is 16.9.